The fourth-order valence-corrected chi connectivity index (χ4v) is 9.79. The highest BCUT2D eigenvalue weighted by atomic mass is 16.8. The molecule has 6 fully saturated rings. The van der Waals surface area contributed by atoms with Gasteiger partial charge in [-0.25, -0.2) is 0 Å². The van der Waals surface area contributed by atoms with Crippen LogP contribution in [0.25, 0.3) is 0 Å². The van der Waals surface area contributed by atoms with Gasteiger partial charge in [0.15, 0.2) is 37.7 Å². The van der Waals surface area contributed by atoms with Gasteiger partial charge < -0.3 is 155 Å². The van der Waals surface area contributed by atoms with Crippen molar-refractivity contribution >= 4 is 17.7 Å². The minimum absolute atomic E-state index is 0.733. The summed E-state index contributed by atoms with van der Waals surface area (Å²) in [6, 6.07) is -5.09. The van der Waals surface area contributed by atoms with Gasteiger partial charge in [0, 0.05) is 20.8 Å². The molecule has 30 atom stereocenters. The van der Waals surface area contributed by atoms with Gasteiger partial charge in [-0.05, 0) is 0 Å². The number of carbonyl (C=O) groups excluding carboxylic acids is 3. The number of amides is 3. The molecule has 6 heterocycles. The first-order chi connectivity index (χ1) is 35.9. The van der Waals surface area contributed by atoms with E-state index < -0.39 is 241 Å². The fourth-order valence-electron chi connectivity index (χ4n) is 9.79. The zero-order chi connectivity index (χ0) is 56.2. The van der Waals surface area contributed by atoms with E-state index >= 15 is 0 Å². The van der Waals surface area contributed by atoms with Crippen molar-refractivity contribution in [2.75, 3.05) is 39.6 Å². The first-order valence-corrected chi connectivity index (χ1v) is 24.1. The number of nitrogens with one attached hydrogen (secondary N) is 3. The molecule has 6 aliphatic rings. The van der Waals surface area contributed by atoms with E-state index in [4.69, 9.17) is 52.1 Å². The maximum absolute atomic E-state index is 12.8. The van der Waals surface area contributed by atoms with Gasteiger partial charge in [-0.1, -0.05) is 0 Å². The summed E-state index contributed by atoms with van der Waals surface area (Å²) in [7, 11) is 0. The Bertz CT molecular complexity index is 1870. The van der Waals surface area contributed by atoms with E-state index in [2.05, 4.69) is 16.0 Å². The Hall–Kier alpha value is -2.71. The fraction of sp³-hybridized carbons (Fsp3) is 0.929. The molecular weight excluding hydrogens is 1040 g/mol. The highest BCUT2D eigenvalue weighted by Crippen LogP contribution is 2.37. The van der Waals surface area contributed by atoms with Gasteiger partial charge in [0.2, 0.25) is 17.7 Å². The molecule has 0 spiro atoms. The number of ether oxygens (including phenoxy) is 11. The normalized spacial score (nSPS) is 48.2. The Morgan fingerprint density at radius 3 is 1.08 bits per heavy atom. The third kappa shape index (κ3) is 13.5. The van der Waals surface area contributed by atoms with Crippen LogP contribution in [0.1, 0.15) is 20.8 Å². The van der Waals surface area contributed by atoms with Crippen molar-refractivity contribution in [3.05, 3.63) is 0 Å². The summed E-state index contributed by atoms with van der Waals surface area (Å²) in [6.07, 6.45) is -51.5. The number of hydrogen-bond acceptors (Lipinski definition) is 31. The van der Waals surface area contributed by atoms with Crippen molar-refractivity contribution in [2.45, 2.75) is 205 Å². The third-order valence-electron chi connectivity index (χ3n) is 13.7. The van der Waals surface area contributed by atoms with Gasteiger partial charge in [-0.3, -0.25) is 14.4 Å². The van der Waals surface area contributed by atoms with Crippen LogP contribution >= 0.6 is 0 Å². The van der Waals surface area contributed by atoms with E-state index in [0.717, 1.165) is 20.8 Å². The predicted molar refractivity (Wildman–Crippen MR) is 234 cm³/mol. The lowest BCUT2D eigenvalue weighted by Gasteiger charge is -2.51. The second-order valence-electron chi connectivity index (χ2n) is 19.0. The second-order valence-corrected chi connectivity index (χ2v) is 19.0. The molecule has 0 aliphatic carbocycles. The van der Waals surface area contributed by atoms with E-state index in [1.54, 1.807) is 0 Å². The highest BCUT2D eigenvalue weighted by Gasteiger charge is 2.58. The van der Waals surface area contributed by atoms with Crippen LogP contribution in [-0.4, -0.2) is 328 Å². The average molecular weight is 1110 g/mol. The van der Waals surface area contributed by atoms with Crippen LogP contribution in [-0.2, 0) is 66.5 Å². The molecule has 6 aliphatic heterocycles. The lowest BCUT2D eigenvalue weighted by Crippen LogP contribution is -2.71. The monoisotopic (exact) mass is 1110 g/mol. The zero-order valence-corrected chi connectivity index (χ0v) is 40.9. The molecule has 0 aromatic heterocycles. The molecule has 34 heteroatoms. The molecule has 0 aromatic carbocycles. The van der Waals surface area contributed by atoms with Crippen LogP contribution in [0.15, 0.2) is 0 Å². The number of hydrogen-bond donors (Lipinski definition) is 20. The van der Waals surface area contributed by atoms with Crippen LogP contribution in [0.5, 0.6) is 0 Å². The van der Waals surface area contributed by atoms with Gasteiger partial charge >= 0.3 is 0 Å². The van der Waals surface area contributed by atoms with Crippen molar-refractivity contribution in [3.63, 3.8) is 0 Å². The Morgan fingerprint density at radius 2 is 0.632 bits per heavy atom. The topological polar surface area (TPSA) is 533 Å². The summed E-state index contributed by atoms with van der Waals surface area (Å²) in [5, 5.41) is 190. The molecule has 0 aromatic rings. The standard InChI is InChI=1S/C42H71N3O31/c1-10(52)43-19-33(23(56)14(5-47)66-37(19)64)75-42-29(62)27(60)31(18(9-51)71-42)73-39-20(44-11(2)53)34(24(57)15(6-48)68-39)72-36-30(63)32(17(8-50)67-38(36)65)74-40-21(45-12(3)54)35(25(58)16(7-49)69-40)76-41-28(61)26(59)22(55)13(4-46)70-41/h13-42,46-51,55-65H,4-9H2,1-3H3,(H,43,52)(H,44,53)(H,45,54)/t13-,14-,15-,16-,17-,18-,19-,20-,21-,22-,23-,24-,25-,26+,27-,28-,29-,30+,31-,32-,33-,34-,35-,36-,37-,38?,39+,40+,41+,42+/m1/s1. The van der Waals surface area contributed by atoms with Gasteiger partial charge in [-0.15, -0.1) is 0 Å². The minimum atomic E-state index is -2.26. The van der Waals surface area contributed by atoms with E-state index in [0.29, 0.717) is 0 Å². The minimum Gasteiger partial charge on any atom is -0.394 e. The van der Waals surface area contributed by atoms with Crippen LogP contribution in [0.3, 0.4) is 0 Å². The molecule has 0 radical (unpaired) electrons. The summed E-state index contributed by atoms with van der Waals surface area (Å²) in [5.41, 5.74) is 0. The molecule has 34 nitrogen and oxygen atoms in total. The Labute approximate surface area is 431 Å². The number of rotatable bonds is 19. The summed E-state index contributed by atoms with van der Waals surface area (Å²) in [5.74, 6) is -2.46. The quantitative estimate of drug-likeness (QED) is 0.0571. The van der Waals surface area contributed by atoms with Crippen molar-refractivity contribution < 1.29 is 153 Å². The van der Waals surface area contributed by atoms with Gasteiger partial charge in [-0.2, -0.15) is 0 Å². The van der Waals surface area contributed by atoms with Gasteiger partial charge in [0.25, 0.3) is 0 Å². The lowest BCUT2D eigenvalue weighted by atomic mass is 9.93. The summed E-state index contributed by atoms with van der Waals surface area (Å²) in [4.78, 5) is 37.4. The van der Waals surface area contributed by atoms with Gasteiger partial charge in [0.1, 0.15) is 146 Å². The summed E-state index contributed by atoms with van der Waals surface area (Å²) >= 11 is 0. The molecule has 0 bridgehead atoms. The summed E-state index contributed by atoms with van der Waals surface area (Å²) < 4.78 is 63.2. The molecule has 0 saturated carbocycles. The Kier molecular flexibility index (Phi) is 22.3. The SMILES string of the molecule is CC(=O)N[C@@H]1[C@@H](O[C@@H]2O[C@H](CO)[C@@H](O[C@@H]3O[C@H](CO)[C@@H](O)[C@H](O[C@H]4C(O)O[C@H](CO)[C@@H](O[C@@H]5O[C@H](CO)[C@@H](O)[C@H](O[C@@H]6O[C@H](CO)[C@@H](O)[C@H](O)[C@H]6O)[C@H]5NC(C)=O)[C@@H]4O)[C@H]3NC(C)=O)[C@H](O)[C@H]2O)[C@H](O)[C@@H](CO)O[C@H]1O. The highest BCUT2D eigenvalue weighted by molar-refractivity contribution is 5.74. The Balaban J connectivity index is 1.25. The predicted octanol–water partition coefficient (Wildman–Crippen LogP) is -13.7. The van der Waals surface area contributed by atoms with Crippen LogP contribution < -0.4 is 16.0 Å². The van der Waals surface area contributed by atoms with Crippen molar-refractivity contribution in [3.8, 4) is 0 Å². The first-order valence-electron chi connectivity index (χ1n) is 24.1. The van der Waals surface area contributed by atoms with E-state index in [-0.39, 0.29) is 0 Å². The maximum Gasteiger partial charge on any atom is 0.217 e. The van der Waals surface area contributed by atoms with Gasteiger partial charge in [0.05, 0.1) is 39.6 Å². The molecule has 20 N–H and O–H groups in total. The van der Waals surface area contributed by atoms with E-state index in [9.17, 15) is 101 Å². The number of carbonyl (C=O) groups is 3. The maximum atomic E-state index is 12.8. The molecule has 6 rings (SSSR count). The van der Waals surface area contributed by atoms with Crippen LogP contribution in [0, 0.1) is 0 Å². The molecule has 76 heavy (non-hydrogen) atoms. The van der Waals surface area contributed by atoms with Crippen LogP contribution in [0.4, 0.5) is 0 Å². The largest absolute Gasteiger partial charge is 0.394 e. The summed E-state index contributed by atoms with van der Waals surface area (Å²) in [6.45, 7) is -2.79. The molecule has 3 amide bonds. The number of aliphatic hydroxyl groups is 17. The van der Waals surface area contributed by atoms with Crippen molar-refractivity contribution in [2.24, 2.45) is 0 Å². The Morgan fingerprint density at radius 1 is 0.316 bits per heavy atom. The zero-order valence-electron chi connectivity index (χ0n) is 40.9. The lowest BCUT2D eigenvalue weighted by molar-refractivity contribution is -0.378. The molecule has 6 saturated heterocycles. The van der Waals surface area contributed by atoms with Crippen molar-refractivity contribution in [1.29, 1.82) is 0 Å². The third-order valence-corrected chi connectivity index (χ3v) is 13.7. The molecule has 1 unspecified atom stereocenters. The molecular formula is C42H71N3O31. The average Bonchev–Trinajstić information content (AvgIpc) is 3.38. The van der Waals surface area contributed by atoms with E-state index in [1.165, 1.54) is 0 Å². The van der Waals surface area contributed by atoms with E-state index in [1.807, 2.05) is 0 Å². The smallest absolute Gasteiger partial charge is 0.217 e. The molecule has 440 valence electrons. The first kappa shape index (κ1) is 62.5. The second kappa shape index (κ2) is 27.2. The van der Waals surface area contributed by atoms with Crippen molar-refractivity contribution in [1.82, 2.24) is 16.0 Å². The van der Waals surface area contributed by atoms with Crippen LogP contribution in [0.2, 0.25) is 0 Å². The number of aliphatic hydroxyl groups excluding tert-OH is 17.